The van der Waals surface area contributed by atoms with E-state index in [1.807, 2.05) is 13.1 Å². The Kier molecular flexibility index (Phi) is 2.53. The van der Waals surface area contributed by atoms with E-state index in [-0.39, 0.29) is 4.83 Å². The summed E-state index contributed by atoms with van der Waals surface area (Å²) < 4.78 is 1.65. The highest BCUT2D eigenvalue weighted by molar-refractivity contribution is 9.09. The van der Waals surface area contributed by atoms with Crippen molar-refractivity contribution in [2.24, 2.45) is 0 Å². The Balaban J connectivity index is 2.34. The van der Waals surface area contributed by atoms with E-state index in [1.54, 1.807) is 17.1 Å². The SMILES string of the molecule is CC(Br)c1cn(-c2cncnc2)nn1. The van der Waals surface area contributed by atoms with Crippen molar-refractivity contribution >= 4 is 15.9 Å². The first-order valence-corrected chi connectivity index (χ1v) is 5.00. The first-order chi connectivity index (χ1) is 6.77. The van der Waals surface area contributed by atoms with Crippen LogP contribution in [0.1, 0.15) is 17.4 Å². The molecule has 0 saturated carbocycles. The molecule has 1 atom stereocenters. The van der Waals surface area contributed by atoms with E-state index in [4.69, 9.17) is 0 Å². The van der Waals surface area contributed by atoms with Gasteiger partial charge in [0.15, 0.2) is 0 Å². The van der Waals surface area contributed by atoms with Crippen molar-refractivity contribution in [2.45, 2.75) is 11.8 Å². The number of hydrogen-bond donors (Lipinski definition) is 0. The Labute approximate surface area is 89.3 Å². The van der Waals surface area contributed by atoms with Crippen LogP contribution >= 0.6 is 15.9 Å². The molecule has 0 fully saturated rings. The van der Waals surface area contributed by atoms with Crippen LogP contribution in [0.15, 0.2) is 24.9 Å². The van der Waals surface area contributed by atoms with E-state index in [1.165, 1.54) is 6.33 Å². The highest BCUT2D eigenvalue weighted by Gasteiger charge is 2.06. The lowest BCUT2D eigenvalue weighted by molar-refractivity contribution is 0.789. The second-order valence-corrected chi connectivity index (χ2v) is 4.17. The number of nitrogens with zero attached hydrogens (tertiary/aromatic N) is 5. The van der Waals surface area contributed by atoms with Gasteiger partial charge in [0.05, 0.1) is 29.1 Å². The number of rotatable bonds is 2. The van der Waals surface area contributed by atoms with Gasteiger partial charge in [-0.2, -0.15) is 0 Å². The summed E-state index contributed by atoms with van der Waals surface area (Å²) in [6.45, 7) is 2.00. The van der Waals surface area contributed by atoms with Gasteiger partial charge in [0.2, 0.25) is 0 Å². The van der Waals surface area contributed by atoms with Gasteiger partial charge in [0.1, 0.15) is 12.0 Å². The summed E-state index contributed by atoms with van der Waals surface area (Å²) >= 11 is 3.42. The Hall–Kier alpha value is -1.30. The van der Waals surface area contributed by atoms with Crippen LogP contribution in [-0.2, 0) is 0 Å². The van der Waals surface area contributed by atoms with Crippen molar-refractivity contribution in [1.29, 1.82) is 0 Å². The summed E-state index contributed by atoms with van der Waals surface area (Å²) in [6, 6.07) is 0. The molecule has 0 aliphatic heterocycles. The molecule has 0 amide bonds. The summed E-state index contributed by atoms with van der Waals surface area (Å²) in [4.78, 5) is 8.00. The van der Waals surface area contributed by atoms with E-state index in [9.17, 15) is 0 Å². The third-order valence-electron chi connectivity index (χ3n) is 1.73. The maximum atomic E-state index is 4.00. The van der Waals surface area contributed by atoms with Crippen LogP contribution in [-0.4, -0.2) is 25.0 Å². The number of aromatic nitrogens is 5. The maximum absolute atomic E-state index is 4.00. The normalized spacial score (nSPS) is 12.7. The zero-order valence-electron chi connectivity index (χ0n) is 7.50. The van der Waals surface area contributed by atoms with Gasteiger partial charge in [-0.05, 0) is 6.92 Å². The van der Waals surface area contributed by atoms with Crippen molar-refractivity contribution in [3.63, 3.8) is 0 Å². The van der Waals surface area contributed by atoms with E-state index in [2.05, 4.69) is 36.2 Å². The topological polar surface area (TPSA) is 56.5 Å². The lowest BCUT2D eigenvalue weighted by Crippen LogP contribution is -1.95. The quantitative estimate of drug-likeness (QED) is 0.762. The Morgan fingerprint density at radius 3 is 2.64 bits per heavy atom. The molecule has 14 heavy (non-hydrogen) atoms. The van der Waals surface area contributed by atoms with Gasteiger partial charge >= 0.3 is 0 Å². The largest absolute Gasteiger partial charge is 0.243 e. The lowest BCUT2D eigenvalue weighted by Gasteiger charge is -1.96. The van der Waals surface area contributed by atoms with Crippen LogP contribution in [0, 0.1) is 0 Å². The van der Waals surface area contributed by atoms with E-state index < -0.39 is 0 Å². The molecule has 0 saturated heterocycles. The molecular weight excluding hydrogens is 246 g/mol. The second kappa shape index (κ2) is 3.83. The molecular formula is C8H8BrN5. The molecule has 2 aromatic heterocycles. The highest BCUT2D eigenvalue weighted by Crippen LogP contribution is 2.18. The first-order valence-electron chi connectivity index (χ1n) is 4.09. The van der Waals surface area contributed by atoms with Crippen molar-refractivity contribution in [2.75, 3.05) is 0 Å². The smallest absolute Gasteiger partial charge is 0.115 e. The zero-order valence-corrected chi connectivity index (χ0v) is 9.09. The van der Waals surface area contributed by atoms with Crippen LogP contribution in [0.2, 0.25) is 0 Å². The molecule has 0 spiro atoms. The van der Waals surface area contributed by atoms with Crippen molar-refractivity contribution in [3.05, 3.63) is 30.6 Å². The second-order valence-electron chi connectivity index (χ2n) is 2.80. The summed E-state index contributed by atoms with van der Waals surface area (Å²) in [5.74, 6) is 0. The number of halogens is 1. The van der Waals surface area contributed by atoms with Gasteiger partial charge in [-0.1, -0.05) is 21.1 Å². The zero-order chi connectivity index (χ0) is 9.97. The summed E-state index contributed by atoms with van der Waals surface area (Å²) in [5, 5.41) is 7.97. The van der Waals surface area contributed by atoms with E-state index >= 15 is 0 Å². The Morgan fingerprint density at radius 2 is 2.07 bits per heavy atom. The third-order valence-corrected chi connectivity index (χ3v) is 2.20. The highest BCUT2D eigenvalue weighted by atomic mass is 79.9. The Bertz CT molecular complexity index is 411. The minimum atomic E-state index is 0.195. The lowest BCUT2D eigenvalue weighted by atomic mass is 10.4. The average molecular weight is 254 g/mol. The van der Waals surface area contributed by atoms with Gasteiger partial charge in [0.25, 0.3) is 0 Å². The van der Waals surface area contributed by atoms with Crippen molar-refractivity contribution < 1.29 is 0 Å². The van der Waals surface area contributed by atoms with Gasteiger partial charge in [0, 0.05) is 0 Å². The molecule has 2 aromatic rings. The maximum Gasteiger partial charge on any atom is 0.115 e. The monoisotopic (exact) mass is 253 g/mol. The van der Waals surface area contributed by atoms with Gasteiger partial charge in [-0.25, -0.2) is 14.6 Å². The molecule has 0 aromatic carbocycles. The molecule has 0 aliphatic rings. The predicted octanol–water partition coefficient (Wildman–Crippen LogP) is 1.51. The fourth-order valence-electron chi connectivity index (χ4n) is 0.995. The first kappa shape index (κ1) is 9.26. The number of alkyl halides is 1. The summed E-state index contributed by atoms with van der Waals surface area (Å²) in [7, 11) is 0. The molecule has 0 aliphatic carbocycles. The summed E-state index contributed by atoms with van der Waals surface area (Å²) in [5.41, 5.74) is 1.69. The standard InChI is InChI=1S/C8H8BrN5/c1-6(9)8-4-14(13-12-8)7-2-10-5-11-3-7/h2-6H,1H3. The van der Waals surface area contributed by atoms with E-state index in [0.717, 1.165) is 11.4 Å². The molecule has 2 heterocycles. The molecule has 0 bridgehead atoms. The minimum absolute atomic E-state index is 0.195. The van der Waals surface area contributed by atoms with Crippen LogP contribution in [0.5, 0.6) is 0 Å². The van der Waals surface area contributed by atoms with Crippen LogP contribution < -0.4 is 0 Å². The minimum Gasteiger partial charge on any atom is -0.243 e. The van der Waals surface area contributed by atoms with Gasteiger partial charge in [-0.3, -0.25) is 0 Å². The molecule has 72 valence electrons. The molecule has 0 N–H and O–H groups in total. The van der Waals surface area contributed by atoms with Crippen LogP contribution in [0.25, 0.3) is 5.69 Å². The fourth-order valence-corrected chi connectivity index (χ4v) is 1.20. The fraction of sp³-hybridized carbons (Fsp3) is 0.250. The van der Waals surface area contributed by atoms with Gasteiger partial charge < -0.3 is 0 Å². The molecule has 6 heteroatoms. The predicted molar refractivity (Wildman–Crippen MR) is 54.3 cm³/mol. The Morgan fingerprint density at radius 1 is 1.36 bits per heavy atom. The summed E-state index contributed by atoms with van der Waals surface area (Å²) in [6.07, 6.45) is 6.70. The average Bonchev–Trinajstić information content (AvgIpc) is 2.68. The van der Waals surface area contributed by atoms with Crippen molar-refractivity contribution in [3.8, 4) is 5.69 Å². The van der Waals surface area contributed by atoms with Crippen LogP contribution in [0.4, 0.5) is 0 Å². The molecule has 5 nitrogen and oxygen atoms in total. The van der Waals surface area contributed by atoms with Gasteiger partial charge in [-0.15, -0.1) is 5.10 Å². The molecule has 1 unspecified atom stereocenters. The number of hydrogen-bond acceptors (Lipinski definition) is 4. The van der Waals surface area contributed by atoms with Crippen LogP contribution in [0.3, 0.4) is 0 Å². The molecule has 0 radical (unpaired) electrons. The van der Waals surface area contributed by atoms with E-state index in [0.29, 0.717) is 0 Å². The van der Waals surface area contributed by atoms with Crippen molar-refractivity contribution in [1.82, 2.24) is 25.0 Å². The third kappa shape index (κ3) is 1.79. The molecule has 2 rings (SSSR count).